The number of fused-ring (bicyclic) bond motifs is 1. The molecule has 0 atom stereocenters. The molecule has 5 heteroatoms. The minimum absolute atomic E-state index is 0.0865. The number of rotatable bonds is 4. The van der Waals surface area contributed by atoms with Crippen LogP contribution in [0.3, 0.4) is 0 Å². The molecule has 4 rings (SSSR count). The van der Waals surface area contributed by atoms with Crippen molar-refractivity contribution in [1.82, 2.24) is 10.4 Å². The maximum Gasteiger partial charge on any atom is 0.275 e. The van der Waals surface area contributed by atoms with Gasteiger partial charge in [-0.1, -0.05) is 54.6 Å². The first-order valence-corrected chi connectivity index (χ1v) is 8.78. The molecule has 4 aromatic rings. The minimum atomic E-state index is -0.481. The Labute approximate surface area is 162 Å². The Morgan fingerprint density at radius 3 is 2.14 bits per heavy atom. The first kappa shape index (κ1) is 17.4. The van der Waals surface area contributed by atoms with Crippen LogP contribution in [0.1, 0.15) is 21.5 Å². The van der Waals surface area contributed by atoms with Crippen molar-refractivity contribution >= 4 is 22.4 Å². The van der Waals surface area contributed by atoms with Gasteiger partial charge in [0, 0.05) is 23.5 Å². The van der Waals surface area contributed by atoms with Crippen LogP contribution in [0.2, 0.25) is 0 Å². The quantitative estimate of drug-likeness (QED) is 0.421. The molecule has 0 saturated carbocycles. The fraction of sp³-hybridized carbons (Fsp3) is 0. The van der Waals surface area contributed by atoms with Gasteiger partial charge in [-0.15, -0.1) is 0 Å². The van der Waals surface area contributed by atoms with Crippen LogP contribution in [0, 0.1) is 0 Å². The molecule has 28 heavy (non-hydrogen) atoms. The molecule has 3 aromatic carbocycles. The minimum Gasteiger partial charge on any atom is -0.507 e. The molecule has 0 radical (unpaired) electrons. The van der Waals surface area contributed by atoms with Crippen LogP contribution in [0.4, 0.5) is 0 Å². The van der Waals surface area contributed by atoms with Crippen molar-refractivity contribution < 1.29 is 9.90 Å². The van der Waals surface area contributed by atoms with Crippen LogP contribution in [-0.2, 0) is 0 Å². The van der Waals surface area contributed by atoms with Gasteiger partial charge in [0.05, 0.1) is 11.3 Å². The monoisotopic (exact) mass is 367 g/mol. The number of phenols is 1. The Morgan fingerprint density at radius 1 is 0.821 bits per heavy atom. The zero-order valence-corrected chi connectivity index (χ0v) is 14.9. The predicted octanol–water partition coefficient (Wildman–Crippen LogP) is 4.12. The summed E-state index contributed by atoms with van der Waals surface area (Å²) in [6.07, 6.45) is 3.34. The number of aromatic hydroxyl groups is 1. The number of phenolic OH excluding ortho intramolecular Hbond substituents is 1. The molecular formula is C23H17N3O2. The van der Waals surface area contributed by atoms with E-state index < -0.39 is 5.91 Å². The van der Waals surface area contributed by atoms with Gasteiger partial charge in [-0.2, -0.15) is 5.10 Å². The Morgan fingerprint density at radius 2 is 1.43 bits per heavy atom. The van der Waals surface area contributed by atoms with Gasteiger partial charge in [-0.25, -0.2) is 5.43 Å². The molecule has 1 aromatic heterocycles. The van der Waals surface area contributed by atoms with E-state index in [0.29, 0.717) is 5.71 Å². The third-order valence-corrected chi connectivity index (χ3v) is 4.38. The first-order chi connectivity index (χ1) is 13.7. The molecule has 1 amide bonds. The highest BCUT2D eigenvalue weighted by Crippen LogP contribution is 2.25. The Bertz CT molecular complexity index is 1110. The zero-order chi connectivity index (χ0) is 19.3. The lowest BCUT2D eigenvalue weighted by molar-refractivity contribution is 0.0952. The van der Waals surface area contributed by atoms with E-state index in [9.17, 15) is 9.90 Å². The highest BCUT2D eigenvalue weighted by atomic mass is 16.3. The van der Waals surface area contributed by atoms with Gasteiger partial charge in [-0.05, 0) is 35.0 Å². The summed E-state index contributed by atoms with van der Waals surface area (Å²) in [6.45, 7) is 0. The van der Waals surface area contributed by atoms with E-state index in [0.717, 1.165) is 21.9 Å². The number of aromatic nitrogens is 1. The van der Waals surface area contributed by atoms with Gasteiger partial charge in [0.15, 0.2) is 0 Å². The topological polar surface area (TPSA) is 74.6 Å². The van der Waals surface area contributed by atoms with E-state index in [2.05, 4.69) is 15.5 Å². The van der Waals surface area contributed by atoms with E-state index in [1.54, 1.807) is 24.5 Å². The van der Waals surface area contributed by atoms with Crippen LogP contribution >= 0.6 is 0 Å². The van der Waals surface area contributed by atoms with Crippen LogP contribution < -0.4 is 5.43 Å². The highest BCUT2D eigenvalue weighted by molar-refractivity contribution is 6.13. The number of carbonyl (C=O) groups is 1. The van der Waals surface area contributed by atoms with Crippen LogP contribution in [0.5, 0.6) is 5.75 Å². The summed E-state index contributed by atoms with van der Waals surface area (Å²) in [5, 5.41) is 16.3. The summed E-state index contributed by atoms with van der Waals surface area (Å²) in [7, 11) is 0. The van der Waals surface area contributed by atoms with Crippen LogP contribution in [0.15, 0.2) is 96.4 Å². The second kappa shape index (κ2) is 7.72. The number of carbonyl (C=O) groups excluding carboxylic acids is 1. The fourth-order valence-corrected chi connectivity index (χ4v) is 2.98. The molecule has 0 unspecified atom stereocenters. The van der Waals surface area contributed by atoms with Crippen molar-refractivity contribution in [3.05, 3.63) is 108 Å². The third kappa shape index (κ3) is 3.59. The normalized spacial score (nSPS) is 11.4. The second-order valence-electron chi connectivity index (χ2n) is 6.22. The van der Waals surface area contributed by atoms with Crippen molar-refractivity contribution in [3.63, 3.8) is 0 Å². The van der Waals surface area contributed by atoms with Gasteiger partial charge >= 0.3 is 0 Å². The second-order valence-corrected chi connectivity index (χ2v) is 6.22. The molecule has 0 aliphatic carbocycles. The average molecular weight is 367 g/mol. The van der Waals surface area contributed by atoms with Crippen molar-refractivity contribution in [2.24, 2.45) is 5.10 Å². The lowest BCUT2D eigenvalue weighted by Crippen LogP contribution is -2.20. The molecule has 5 nitrogen and oxygen atoms in total. The average Bonchev–Trinajstić information content (AvgIpc) is 2.75. The van der Waals surface area contributed by atoms with Gasteiger partial charge in [0.25, 0.3) is 5.91 Å². The molecule has 0 bridgehead atoms. The number of pyridine rings is 1. The third-order valence-electron chi connectivity index (χ3n) is 4.38. The molecule has 136 valence electrons. The predicted molar refractivity (Wildman–Crippen MR) is 109 cm³/mol. The Hall–Kier alpha value is -3.99. The SMILES string of the molecule is O=C(N/N=C(\c1ccccc1)c1ccncc1)c1cc2ccccc2cc1O. The summed E-state index contributed by atoms with van der Waals surface area (Å²) in [4.78, 5) is 16.7. The summed E-state index contributed by atoms with van der Waals surface area (Å²) in [5.74, 6) is -0.567. The van der Waals surface area contributed by atoms with Gasteiger partial charge in [0.2, 0.25) is 0 Å². The maximum atomic E-state index is 12.7. The van der Waals surface area contributed by atoms with E-state index in [-0.39, 0.29) is 11.3 Å². The van der Waals surface area contributed by atoms with Gasteiger partial charge in [0.1, 0.15) is 5.75 Å². The number of hydrogen-bond acceptors (Lipinski definition) is 4. The lowest BCUT2D eigenvalue weighted by Gasteiger charge is -2.09. The van der Waals surface area contributed by atoms with Crippen molar-refractivity contribution in [1.29, 1.82) is 0 Å². The number of amides is 1. The molecule has 1 heterocycles. The Kier molecular flexibility index (Phi) is 4.80. The Balaban J connectivity index is 1.69. The summed E-state index contributed by atoms with van der Waals surface area (Å²) in [5.41, 5.74) is 5.03. The smallest absolute Gasteiger partial charge is 0.275 e. The zero-order valence-electron chi connectivity index (χ0n) is 14.9. The highest BCUT2D eigenvalue weighted by Gasteiger charge is 2.13. The molecule has 0 spiro atoms. The number of hydrazone groups is 1. The standard InChI is InChI=1S/C23H17N3O2/c27-21-15-19-9-5-4-8-18(19)14-20(21)23(28)26-25-22(16-6-2-1-3-7-16)17-10-12-24-13-11-17/h1-15,27H,(H,26,28)/b25-22+. The summed E-state index contributed by atoms with van der Waals surface area (Å²) in [6, 6.07) is 24.0. The fourth-order valence-electron chi connectivity index (χ4n) is 2.98. The molecule has 0 fully saturated rings. The number of hydrogen-bond donors (Lipinski definition) is 2. The van der Waals surface area contributed by atoms with Crippen molar-refractivity contribution in [2.75, 3.05) is 0 Å². The summed E-state index contributed by atoms with van der Waals surface area (Å²) >= 11 is 0. The number of nitrogens with zero attached hydrogens (tertiary/aromatic N) is 2. The number of benzene rings is 3. The number of nitrogens with one attached hydrogen (secondary N) is 1. The van der Waals surface area contributed by atoms with Crippen LogP contribution in [-0.4, -0.2) is 21.7 Å². The molecule has 0 aliphatic rings. The van der Waals surface area contributed by atoms with Crippen molar-refractivity contribution in [3.8, 4) is 5.75 Å². The van der Waals surface area contributed by atoms with E-state index >= 15 is 0 Å². The lowest BCUT2D eigenvalue weighted by atomic mass is 10.0. The molecule has 2 N–H and O–H groups in total. The summed E-state index contributed by atoms with van der Waals surface area (Å²) < 4.78 is 0. The molecule has 0 aliphatic heterocycles. The van der Waals surface area contributed by atoms with E-state index in [1.165, 1.54) is 0 Å². The first-order valence-electron chi connectivity index (χ1n) is 8.78. The van der Waals surface area contributed by atoms with Gasteiger partial charge < -0.3 is 5.11 Å². The largest absolute Gasteiger partial charge is 0.507 e. The van der Waals surface area contributed by atoms with E-state index in [1.807, 2.05) is 66.7 Å². The van der Waals surface area contributed by atoms with Crippen molar-refractivity contribution in [2.45, 2.75) is 0 Å². The maximum absolute atomic E-state index is 12.7. The van der Waals surface area contributed by atoms with Crippen LogP contribution in [0.25, 0.3) is 10.8 Å². The van der Waals surface area contributed by atoms with Gasteiger partial charge in [-0.3, -0.25) is 9.78 Å². The molecular weight excluding hydrogens is 350 g/mol. The van der Waals surface area contributed by atoms with E-state index in [4.69, 9.17) is 0 Å². The molecule has 0 saturated heterocycles.